The highest BCUT2D eigenvalue weighted by Crippen LogP contribution is 2.20. The Labute approximate surface area is 110 Å². The van der Waals surface area contributed by atoms with E-state index in [2.05, 4.69) is 25.0 Å². The van der Waals surface area contributed by atoms with Crippen molar-refractivity contribution in [1.29, 1.82) is 0 Å². The number of rotatable bonds is 4. The Balaban J connectivity index is 2.21. The van der Waals surface area contributed by atoms with Crippen molar-refractivity contribution in [2.75, 3.05) is 12.4 Å². The summed E-state index contributed by atoms with van der Waals surface area (Å²) >= 11 is 0. The van der Waals surface area contributed by atoms with Crippen molar-refractivity contribution in [2.45, 2.75) is 19.9 Å². The van der Waals surface area contributed by atoms with E-state index in [4.69, 9.17) is 4.42 Å². The van der Waals surface area contributed by atoms with E-state index in [0.29, 0.717) is 11.7 Å². The molecule has 0 fully saturated rings. The lowest BCUT2D eigenvalue weighted by Gasteiger charge is -2.13. The molecule has 19 heavy (non-hydrogen) atoms. The number of anilines is 1. The molecule has 2 aromatic heterocycles. The van der Waals surface area contributed by atoms with Gasteiger partial charge in [0.15, 0.2) is 0 Å². The summed E-state index contributed by atoms with van der Waals surface area (Å²) < 4.78 is 10.1. The Morgan fingerprint density at radius 3 is 2.84 bits per heavy atom. The summed E-state index contributed by atoms with van der Waals surface area (Å²) in [5.41, 5.74) is 0.264. The van der Waals surface area contributed by atoms with E-state index in [1.54, 1.807) is 6.20 Å². The fraction of sp³-hybridized carbons (Fsp3) is 0.333. The molecular weight excluding hydrogens is 248 g/mol. The van der Waals surface area contributed by atoms with Crippen LogP contribution >= 0.6 is 0 Å². The molecule has 1 unspecified atom stereocenters. The fourth-order valence-corrected chi connectivity index (χ4v) is 1.54. The van der Waals surface area contributed by atoms with E-state index >= 15 is 0 Å². The molecule has 1 atom stereocenters. The van der Waals surface area contributed by atoms with Gasteiger partial charge in [-0.25, -0.2) is 19.7 Å². The van der Waals surface area contributed by atoms with E-state index in [1.165, 1.54) is 19.6 Å². The van der Waals surface area contributed by atoms with Crippen LogP contribution in [0.5, 0.6) is 0 Å². The Morgan fingerprint density at radius 2 is 2.21 bits per heavy atom. The van der Waals surface area contributed by atoms with Crippen molar-refractivity contribution in [3.05, 3.63) is 35.9 Å². The zero-order valence-corrected chi connectivity index (χ0v) is 10.9. The lowest BCUT2D eigenvalue weighted by molar-refractivity contribution is 0.0601. The number of ether oxygens (including phenoxy) is 1. The molecule has 0 amide bonds. The second kappa shape index (κ2) is 5.47. The van der Waals surface area contributed by atoms with Gasteiger partial charge >= 0.3 is 5.97 Å². The molecule has 7 heteroatoms. The van der Waals surface area contributed by atoms with Gasteiger partial charge in [0.1, 0.15) is 29.5 Å². The number of aryl methyl sites for hydroxylation is 1. The average molecular weight is 262 g/mol. The second-order valence-corrected chi connectivity index (χ2v) is 3.95. The summed E-state index contributed by atoms with van der Waals surface area (Å²) in [6.45, 7) is 3.67. The Morgan fingerprint density at radius 1 is 1.42 bits per heavy atom. The fourth-order valence-electron chi connectivity index (χ4n) is 1.54. The van der Waals surface area contributed by atoms with Gasteiger partial charge in [0.05, 0.1) is 13.3 Å². The number of methoxy groups -OCH3 is 1. The van der Waals surface area contributed by atoms with Gasteiger partial charge in [-0.15, -0.1) is 0 Å². The molecule has 2 heterocycles. The van der Waals surface area contributed by atoms with Crippen molar-refractivity contribution < 1.29 is 13.9 Å². The van der Waals surface area contributed by atoms with E-state index in [1.807, 2.05) is 13.8 Å². The van der Waals surface area contributed by atoms with Crippen molar-refractivity contribution in [2.24, 2.45) is 0 Å². The normalized spacial score (nSPS) is 11.9. The van der Waals surface area contributed by atoms with E-state index in [0.717, 1.165) is 5.76 Å². The van der Waals surface area contributed by atoms with Gasteiger partial charge in [-0.3, -0.25) is 0 Å². The SMILES string of the molecule is COC(=O)c1cncnc1NC(C)c1ncc(C)o1. The molecule has 0 aliphatic rings. The standard InChI is InChI=1S/C12H14N4O3/c1-7-4-14-11(19-7)8(2)16-10-9(12(17)18-3)5-13-6-15-10/h4-6,8H,1-3H3,(H,13,15,16). The highest BCUT2D eigenvalue weighted by molar-refractivity contribution is 5.94. The summed E-state index contributed by atoms with van der Waals surface area (Å²) in [6, 6.07) is -0.230. The smallest absolute Gasteiger partial charge is 0.343 e. The van der Waals surface area contributed by atoms with Gasteiger partial charge in [-0.05, 0) is 13.8 Å². The van der Waals surface area contributed by atoms with Gasteiger partial charge < -0.3 is 14.5 Å². The van der Waals surface area contributed by atoms with Gasteiger partial charge in [0.25, 0.3) is 0 Å². The van der Waals surface area contributed by atoms with Crippen LogP contribution in [0.1, 0.15) is 35.0 Å². The summed E-state index contributed by atoms with van der Waals surface area (Å²) in [6.07, 6.45) is 4.38. The number of esters is 1. The highest BCUT2D eigenvalue weighted by atomic mass is 16.5. The number of carbonyl (C=O) groups is 1. The van der Waals surface area contributed by atoms with Crippen molar-refractivity contribution in [1.82, 2.24) is 15.0 Å². The molecule has 0 aliphatic heterocycles. The molecule has 0 radical (unpaired) electrons. The van der Waals surface area contributed by atoms with Crippen LogP contribution in [0.2, 0.25) is 0 Å². The first-order valence-corrected chi connectivity index (χ1v) is 5.69. The quantitative estimate of drug-likeness (QED) is 0.839. The minimum atomic E-state index is -0.501. The van der Waals surface area contributed by atoms with Crippen LogP contribution in [0.15, 0.2) is 23.1 Å². The third kappa shape index (κ3) is 2.87. The first kappa shape index (κ1) is 13.0. The molecule has 0 aliphatic carbocycles. The second-order valence-electron chi connectivity index (χ2n) is 3.95. The molecule has 7 nitrogen and oxygen atoms in total. The van der Waals surface area contributed by atoms with E-state index in [9.17, 15) is 4.79 Å². The summed E-state index contributed by atoms with van der Waals surface area (Å²) in [4.78, 5) is 23.5. The summed E-state index contributed by atoms with van der Waals surface area (Å²) in [7, 11) is 1.31. The highest BCUT2D eigenvalue weighted by Gasteiger charge is 2.17. The average Bonchev–Trinajstić information content (AvgIpc) is 2.85. The number of carbonyl (C=O) groups excluding carboxylic acids is 1. The van der Waals surface area contributed by atoms with Crippen LogP contribution in [-0.2, 0) is 4.74 Å². The van der Waals surface area contributed by atoms with Crippen LogP contribution in [-0.4, -0.2) is 28.0 Å². The maximum Gasteiger partial charge on any atom is 0.343 e. The lowest BCUT2D eigenvalue weighted by Crippen LogP contribution is -2.13. The predicted molar refractivity (Wildman–Crippen MR) is 66.6 cm³/mol. The molecule has 0 saturated heterocycles. The molecule has 0 bridgehead atoms. The number of hydrogen-bond acceptors (Lipinski definition) is 7. The molecule has 2 rings (SSSR count). The Kier molecular flexibility index (Phi) is 3.74. The van der Waals surface area contributed by atoms with Crippen molar-refractivity contribution in [3.63, 3.8) is 0 Å². The molecule has 100 valence electrons. The van der Waals surface area contributed by atoms with Crippen molar-refractivity contribution in [3.8, 4) is 0 Å². The first-order valence-electron chi connectivity index (χ1n) is 5.69. The summed E-state index contributed by atoms with van der Waals surface area (Å²) in [5, 5.41) is 3.05. The van der Waals surface area contributed by atoms with E-state index in [-0.39, 0.29) is 11.6 Å². The Bertz CT molecular complexity index is 582. The molecule has 1 N–H and O–H groups in total. The number of aromatic nitrogens is 3. The molecule has 0 spiro atoms. The monoisotopic (exact) mass is 262 g/mol. The summed E-state index contributed by atoms with van der Waals surface area (Å²) in [5.74, 6) is 1.12. The molecule has 0 saturated carbocycles. The zero-order valence-electron chi connectivity index (χ0n) is 10.9. The first-order chi connectivity index (χ1) is 9.11. The topological polar surface area (TPSA) is 90.1 Å². The molecule has 0 aromatic carbocycles. The number of nitrogens with one attached hydrogen (secondary N) is 1. The van der Waals surface area contributed by atoms with Gasteiger partial charge in [-0.2, -0.15) is 0 Å². The van der Waals surface area contributed by atoms with Crippen LogP contribution in [0.3, 0.4) is 0 Å². The molecule has 2 aromatic rings. The van der Waals surface area contributed by atoms with E-state index < -0.39 is 5.97 Å². The van der Waals surface area contributed by atoms with Crippen molar-refractivity contribution >= 4 is 11.8 Å². The largest absolute Gasteiger partial charge is 0.465 e. The van der Waals surface area contributed by atoms with Crippen LogP contribution in [0, 0.1) is 6.92 Å². The maximum atomic E-state index is 11.6. The minimum Gasteiger partial charge on any atom is -0.465 e. The van der Waals surface area contributed by atoms with Gasteiger partial charge in [0.2, 0.25) is 5.89 Å². The van der Waals surface area contributed by atoms with Gasteiger partial charge in [-0.1, -0.05) is 0 Å². The minimum absolute atomic E-state index is 0.230. The number of hydrogen-bond donors (Lipinski definition) is 1. The predicted octanol–water partition coefficient (Wildman–Crippen LogP) is 1.73. The van der Waals surface area contributed by atoms with Gasteiger partial charge in [0, 0.05) is 6.20 Å². The van der Waals surface area contributed by atoms with Crippen LogP contribution < -0.4 is 5.32 Å². The van der Waals surface area contributed by atoms with Crippen LogP contribution in [0.25, 0.3) is 0 Å². The van der Waals surface area contributed by atoms with Crippen LogP contribution in [0.4, 0.5) is 5.82 Å². The third-order valence-electron chi connectivity index (χ3n) is 2.48. The Hall–Kier alpha value is -2.44. The number of oxazole rings is 1. The maximum absolute atomic E-state index is 11.6. The molecular formula is C12H14N4O3. The third-order valence-corrected chi connectivity index (χ3v) is 2.48. The lowest BCUT2D eigenvalue weighted by atomic mass is 10.2. The zero-order chi connectivity index (χ0) is 13.8. The number of nitrogens with zero attached hydrogens (tertiary/aromatic N) is 3.